The van der Waals surface area contributed by atoms with Crippen LogP contribution in [0.25, 0.3) is 10.9 Å². The number of carbonyl (C=O) groups is 1. The lowest BCUT2D eigenvalue weighted by Crippen LogP contribution is -2.24. The number of pyridine rings is 1. The normalized spacial score (nSPS) is 11.5. The average molecular weight is 406 g/mol. The Morgan fingerprint density at radius 1 is 1.19 bits per heavy atom. The minimum Gasteiger partial charge on any atom is -0.347 e. The Balaban J connectivity index is 2.01. The zero-order chi connectivity index (χ0) is 19.8. The molecular weight excluding hydrogens is 390 g/mol. The summed E-state index contributed by atoms with van der Waals surface area (Å²) in [5, 5.41) is 8.38. The van der Waals surface area contributed by atoms with Crippen molar-refractivity contribution in [1.82, 2.24) is 4.57 Å². The molecule has 0 spiro atoms. The van der Waals surface area contributed by atoms with E-state index in [0.29, 0.717) is 28.2 Å². The number of nitrogens with one attached hydrogen (secondary N) is 1. The van der Waals surface area contributed by atoms with Crippen LogP contribution < -0.4 is 15.9 Å². The first-order chi connectivity index (χ1) is 12.7. The minimum atomic E-state index is -3.82. The first kappa shape index (κ1) is 19.1. The Hall–Kier alpha value is -2.68. The molecule has 1 heterocycles. The van der Waals surface area contributed by atoms with E-state index in [1.165, 1.54) is 36.5 Å². The second kappa shape index (κ2) is 7.15. The van der Waals surface area contributed by atoms with Crippen LogP contribution in [0.2, 0.25) is 5.02 Å². The van der Waals surface area contributed by atoms with E-state index in [9.17, 15) is 18.0 Å². The highest BCUT2D eigenvalue weighted by molar-refractivity contribution is 7.89. The first-order valence-corrected chi connectivity index (χ1v) is 9.90. The zero-order valence-corrected chi connectivity index (χ0v) is 15.8. The molecule has 3 N–H and O–H groups in total. The number of fused-ring (bicyclic) bond motifs is 1. The predicted octanol–water partition coefficient (Wildman–Crippen LogP) is 2.57. The van der Waals surface area contributed by atoms with Gasteiger partial charge in [0.1, 0.15) is 5.56 Å². The number of aryl methyl sites for hydroxylation is 1. The zero-order valence-electron chi connectivity index (χ0n) is 14.3. The van der Waals surface area contributed by atoms with E-state index in [1.54, 1.807) is 16.7 Å². The monoisotopic (exact) mass is 405 g/mol. The van der Waals surface area contributed by atoms with Crippen LogP contribution in [0.5, 0.6) is 0 Å². The highest BCUT2D eigenvalue weighted by atomic mass is 35.5. The summed E-state index contributed by atoms with van der Waals surface area (Å²) in [6.45, 7) is 2.45. The highest BCUT2D eigenvalue weighted by Crippen LogP contribution is 2.19. The maximum atomic E-state index is 12.7. The summed E-state index contributed by atoms with van der Waals surface area (Å²) in [6.07, 6.45) is 1.49. The molecule has 1 amide bonds. The van der Waals surface area contributed by atoms with Crippen LogP contribution in [-0.2, 0) is 16.6 Å². The number of nitrogens with zero attached hydrogens (tertiary/aromatic N) is 1. The fourth-order valence-corrected chi connectivity index (χ4v) is 3.41. The molecule has 0 fully saturated rings. The standard InChI is InChI=1S/C18H16ClN3O4S/c1-2-22-10-15(17(23)14-9-11(19)3-8-16(14)22)18(24)21-12-4-6-13(7-5-12)27(20,25)26/h3-10H,2H2,1H3,(H,21,24)(H2,20,25,26). The van der Waals surface area contributed by atoms with Gasteiger partial charge in [0.05, 0.1) is 10.4 Å². The summed E-state index contributed by atoms with van der Waals surface area (Å²) < 4.78 is 24.4. The van der Waals surface area contributed by atoms with Crippen LogP contribution in [0.3, 0.4) is 0 Å². The second-order valence-electron chi connectivity index (χ2n) is 5.84. The van der Waals surface area contributed by atoms with Crippen LogP contribution in [0.15, 0.2) is 58.4 Å². The van der Waals surface area contributed by atoms with Crippen molar-refractivity contribution in [3.05, 3.63) is 69.5 Å². The molecule has 3 rings (SSSR count). The fraction of sp³-hybridized carbons (Fsp3) is 0.111. The molecule has 0 aliphatic rings. The van der Waals surface area contributed by atoms with E-state index in [0.717, 1.165) is 0 Å². The quantitative estimate of drug-likeness (QED) is 0.694. The number of anilines is 1. The third kappa shape index (κ3) is 3.87. The third-order valence-corrected chi connectivity index (χ3v) is 5.23. The molecule has 0 aliphatic heterocycles. The Morgan fingerprint density at radius 2 is 1.85 bits per heavy atom. The van der Waals surface area contributed by atoms with Gasteiger partial charge in [-0.3, -0.25) is 9.59 Å². The van der Waals surface area contributed by atoms with Gasteiger partial charge in [0, 0.05) is 28.8 Å². The van der Waals surface area contributed by atoms with Gasteiger partial charge in [-0.25, -0.2) is 13.6 Å². The first-order valence-electron chi connectivity index (χ1n) is 7.97. The number of hydrogen-bond donors (Lipinski definition) is 2. The number of nitrogens with two attached hydrogens (primary N) is 1. The highest BCUT2D eigenvalue weighted by Gasteiger charge is 2.16. The van der Waals surface area contributed by atoms with Gasteiger partial charge in [0.25, 0.3) is 5.91 Å². The topological polar surface area (TPSA) is 111 Å². The molecule has 27 heavy (non-hydrogen) atoms. The Kier molecular flexibility index (Phi) is 5.05. The number of carbonyl (C=O) groups excluding carboxylic acids is 1. The molecule has 0 unspecified atom stereocenters. The molecule has 7 nitrogen and oxygen atoms in total. The van der Waals surface area contributed by atoms with Crippen molar-refractivity contribution in [2.45, 2.75) is 18.4 Å². The lowest BCUT2D eigenvalue weighted by molar-refractivity contribution is 0.102. The number of aromatic nitrogens is 1. The van der Waals surface area contributed by atoms with Crippen molar-refractivity contribution in [3.8, 4) is 0 Å². The van der Waals surface area contributed by atoms with Gasteiger partial charge in [-0.05, 0) is 49.4 Å². The lowest BCUT2D eigenvalue weighted by atomic mass is 10.1. The van der Waals surface area contributed by atoms with Crippen molar-refractivity contribution in [2.75, 3.05) is 5.32 Å². The maximum Gasteiger partial charge on any atom is 0.261 e. The fourth-order valence-electron chi connectivity index (χ4n) is 2.72. The van der Waals surface area contributed by atoms with E-state index in [4.69, 9.17) is 16.7 Å². The third-order valence-electron chi connectivity index (χ3n) is 4.07. The van der Waals surface area contributed by atoms with Gasteiger partial charge in [0.15, 0.2) is 0 Å². The van der Waals surface area contributed by atoms with Gasteiger partial charge in [-0.15, -0.1) is 0 Å². The van der Waals surface area contributed by atoms with Crippen molar-refractivity contribution < 1.29 is 13.2 Å². The van der Waals surface area contributed by atoms with Crippen molar-refractivity contribution in [2.24, 2.45) is 5.14 Å². The SMILES string of the molecule is CCn1cc(C(=O)Nc2ccc(S(N)(=O)=O)cc2)c(=O)c2cc(Cl)ccc21. The van der Waals surface area contributed by atoms with Crippen LogP contribution >= 0.6 is 11.6 Å². The van der Waals surface area contributed by atoms with E-state index >= 15 is 0 Å². The molecule has 2 aromatic carbocycles. The minimum absolute atomic E-state index is 0.0397. The van der Waals surface area contributed by atoms with Crippen LogP contribution in [0.4, 0.5) is 5.69 Å². The number of hydrogen-bond acceptors (Lipinski definition) is 4. The second-order valence-corrected chi connectivity index (χ2v) is 7.84. The Bertz CT molecular complexity index is 1200. The summed E-state index contributed by atoms with van der Waals surface area (Å²) in [5.41, 5.74) is 0.542. The van der Waals surface area contributed by atoms with Gasteiger partial charge >= 0.3 is 0 Å². The number of amides is 1. The summed E-state index contributed by atoms with van der Waals surface area (Å²) in [7, 11) is -3.82. The van der Waals surface area contributed by atoms with Crippen LogP contribution in [-0.4, -0.2) is 18.9 Å². The molecule has 0 saturated heterocycles. The van der Waals surface area contributed by atoms with E-state index in [1.807, 2.05) is 6.92 Å². The largest absolute Gasteiger partial charge is 0.347 e. The van der Waals surface area contributed by atoms with Gasteiger partial charge in [-0.1, -0.05) is 11.6 Å². The Labute approximate surface area is 160 Å². The maximum absolute atomic E-state index is 12.7. The van der Waals surface area contributed by atoms with Crippen molar-refractivity contribution >= 4 is 44.1 Å². The van der Waals surface area contributed by atoms with E-state index < -0.39 is 21.4 Å². The van der Waals surface area contributed by atoms with Crippen LogP contribution in [0.1, 0.15) is 17.3 Å². The molecule has 9 heteroatoms. The van der Waals surface area contributed by atoms with Crippen molar-refractivity contribution in [3.63, 3.8) is 0 Å². The lowest BCUT2D eigenvalue weighted by Gasteiger charge is -2.12. The van der Waals surface area contributed by atoms with Crippen molar-refractivity contribution in [1.29, 1.82) is 0 Å². The number of sulfonamides is 1. The molecule has 1 aromatic heterocycles. The van der Waals surface area contributed by atoms with Gasteiger partial charge in [0.2, 0.25) is 15.5 Å². The molecule has 0 bridgehead atoms. The molecule has 3 aromatic rings. The predicted molar refractivity (Wildman–Crippen MR) is 105 cm³/mol. The van der Waals surface area contributed by atoms with Gasteiger partial charge < -0.3 is 9.88 Å². The summed E-state index contributed by atoms with van der Waals surface area (Å²) in [6, 6.07) is 10.3. The van der Waals surface area contributed by atoms with Crippen LogP contribution in [0, 0.1) is 0 Å². The number of benzene rings is 2. The molecule has 140 valence electrons. The Morgan fingerprint density at radius 3 is 2.44 bits per heavy atom. The molecule has 0 radical (unpaired) electrons. The van der Waals surface area contributed by atoms with E-state index in [-0.39, 0.29) is 10.5 Å². The molecule has 0 atom stereocenters. The molecular formula is C18H16ClN3O4S. The smallest absolute Gasteiger partial charge is 0.261 e. The summed E-state index contributed by atoms with van der Waals surface area (Å²) in [5.74, 6) is -0.604. The van der Waals surface area contributed by atoms with Gasteiger partial charge in [-0.2, -0.15) is 0 Å². The number of primary sulfonamides is 1. The average Bonchev–Trinajstić information content (AvgIpc) is 2.62. The number of rotatable bonds is 4. The number of halogens is 1. The molecule has 0 aliphatic carbocycles. The van der Waals surface area contributed by atoms with E-state index in [2.05, 4.69) is 5.32 Å². The molecule has 0 saturated carbocycles. The summed E-state index contributed by atoms with van der Waals surface area (Å²) >= 11 is 5.99. The summed E-state index contributed by atoms with van der Waals surface area (Å²) in [4.78, 5) is 25.3.